The van der Waals surface area contributed by atoms with Crippen molar-refractivity contribution in [2.24, 2.45) is 0 Å². The summed E-state index contributed by atoms with van der Waals surface area (Å²) in [5.74, 6) is -0.382. The van der Waals surface area contributed by atoms with Gasteiger partial charge in [-0.25, -0.2) is 0 Å². The Balaban J connectivity index is 2.60. The summed E-state index contributed by atoms with van der Waals surface area (Å²) in [7, 11) is 0. The van der Waals surface area contributed by atoms with E-state index in [4.69, 9.17) is 9.84 Å². The van der Waals surface area contributed by atoms with Crippen molar-refractivity contribution in [3.63, 3.8) is 0 Å². The van der Waals surface area contributed by atoms with E-state index in [9.17, 15) is 9.59 Å². The number of rotatable bonds is 6. The number of benzene rings is 1. The number of ketones is 1. The van der Waals surface area contributed by atoms with E-state index in [-0.39, 0.29) is 18.8 Å². The molecule has 1 aromatic rings. The van der Waals surface area contributed by atoms with E-state index in [1.165, 1.54) is 12.1 Å². The van der Waals surface area contributed by atoms with Gasteiger partial charge in [0.25, 0.3) is 0 Å². The van der Waals surface area contributed by atoms with E-state index in [0.29, 0.717) is 11.3 Å². The molecule has 1 rings (SSSR count). The van der Waals surface area contributed by atoms with Crippen LogP contribution in [0.3, 0.4) is 0 Å². The van der Waals surface area contributed by atoms with E-state index < -0.39 is 12.8 Å². The molecule has 0 unspecified atom stereocenters. The molecule has 0 aliphatic rings. The average Bonchev–Trinajstić information content (AvgIpc) is 2.30. The Morgan fingerprint density at radius 2 is 1.88 bits per heavy atom. The van der Waals surface area contributed by atoms with Crippen LogP contribution in [0.2, 0.25) is 0 Å². The van der Waals surface area contributed by atoms with E-state index >= 15 is 0 Å². The number of hydrogen-bond acceptors (Lipinski definition) is 5. The highest BCUT2D eigenvalue weighted by Gasteiger charge is 2.12. The molecular formula is C12H14O5. The second-order valence-corrected chi connectivity index (χ2v) is 3.20. The van der Waals surface area contributed by atoms with Crippen LogP contribution in [0, 0.1) is 0 Å². The summed E-state index contributed by atoms with van der Waals surface area (Å²) in [6, 6.07) is 6.17. The van der Waals surface area contributed by atoms with Crippen molar-refractivity contribution in [1.82, 2.24) is 0 Å². The molecule has 0 aromatic heterocycles. The monoisotopic (exact) mass is 238 g/mol. The molecule has 17 heavy (non-hydrogen) atoms. The van der Waals surface area contributed by atoms with Gasteiger partial charge in [0.1, 0.15) is 12.2 Å². The van der Waals surface area contributed by atoms with Gasteiger partial charge in [-0.1, -0.05) is 0 Å². The van der Waals surface area contributed by atoms with Gasteiger partial charge in [0.05, 0.1) is 6.61 Å². The minimum Gasteiger partial charge on any atom is -0.468 e. The zero-order valence-corrected chi connectivity index (χ0v) is 9.51. The maximum atomic E-state index is 11.6. The fourth-order valence-corrected chi connectivity index (χ4v) is 1.26. The Hall–Kier alpha value is -1.88. The lowest BCUT2D eigenvalue weighted by atomic mass is 10.1. The Morgan fingerprint density at radius 1 is 1.24 bits per heavy atom. The van der Waals surface area contributed by atoms with Crippen LogP contribution in [0.1, 0.15) is 23.7 Å². The van der Waals surface area contributed by atoms with Gasteiger partial charge in [-0.15, -0.1) is 0 Å². The first kappa shape index (κ1) is 13.2. The molecule has 0 heterocycles. The highest BCUT2D eigenvalue weighted by molar-refractivity contribution is 6.05. The number of aliphatic hydroxyl groups excluding tert-OH is 1. The van der Waals surface area contributed by atoms with Crippen LogP contribution in [-0.2, 0) is 9.53 Å². The summed E-state index contributed by atoms with van der Waals surface area (Å²) < 4.78 is 9.49. The van der Waals surface area contributed by atoms with Crippen molar-refractivity contribution >= 4 is 11.8 Å². The average molecular weight is 238 g/mol. The van der Waals surface area contributed by atoms with Crippen molar-refractivity contribution in [3.8, 4) is 5.75 Å². The number of carbonyl (C=O) groups is 2. The second kappa shape index (κ2) is 6.65. The van der Waals surface area contributed by atoms with Crippen molar-refractivity contribution in [2.75, 3.05) is 13.4 Å². The van der Waals surface area contributed by atoms with Gasteiger partial charge in [-0.3, -0.25) is 9.59 Å². The molecule has 0 bridgehead atoms. The summed E-state index contributed by atoms with van der Waals surface area (Å²) in [5.41, 5.74) is 0.406. The molecule has 5 heteroatoms. The third kappa shape index (κ3) is 4.24. The SMILES string of the molecule is CCOC(=O)CC(=O)c1ccc(OCO)cc1. The summed E-state index contributed by atoms with van der Waals surface area (Å²) in [6.45, 7) is 1.52. The molecule has 0 saturated carbocycles. The van der Waals surface area contributed by atoms with Crippen molar-refractivity contribution in [3.05, 3.63) is 29.8 Å². The van der Waals surface area contributed by atoms with Gasteiger partial charge >= 0.3 is 5.97 Å². The molecule has 0 atom stereocenters. The summed E-state index contributed by atoms with van der Waals surface area (Å²) in [5, 5.41) is 8.53. The van der Waals surface area contributed by atoms with E-state index in [1.54, 1.807) is 19.1 Å². The molecule has 0 aliphatic heterocycles. The summed E-state index contributed by atoms with van der Waals surface area (Å²) in [6.07, 6.45) is -0.270. The van der Waals surface area contributed by atoms with Crippen molar-refractivity contribution < 1.29 is 24.2 Å². The Bertz CT molecular complexity index is 382. The highest BCUT2D eigenvalue weighted by atomic mass is 16.6. The molecule has 5 nitrogen and oxygen atoms in total. The molecule has 0 saturated heterocycles. The molecule has 1 aromatic carbocycles. The molecular weight excluding hydrogens is 224 g/mol. The molecule has 0 amide bonds. The third-order valence-electron chi connectivity index (χ3n) is 2.02. The lowest BCUT2D eigenvalue weighted by molar-refractivity contribution is -0.141. The largest absolute Gasteiger partial charge is 0.468 e. The quantitative estimate of drug-likeness (QED) is 0.348. The summed E-state index contributed by atoms with van der Waals surface area (Å²) >= 11 is 0. The van der Waals surface area contributed by atoms with Crippen LogP contribution in [0.15, 0.2) is 24.3 Å². The fraction of sp³-hybridized carbons (Fsp3) is 0.333. The predicted octanol–water partition coefficient (Wildman–Crippen LogP) is 1.15. The Kier molecular flexibility index (Phi) is 5.16. The smallest absolute Gasteiger partial charge is 0.313 e. The molecule has 92 valence electrons. The number of Topliss-reactive ketones (excluding diaryl/α,β-unsaturated/α-hetero) is 1. The lowest BCUT2D eigenvalue weighted by Gasteiger charge is -2.04. The highest BCUT2D eigenvalue weighted by Crippen LogP contribution is 2.13. The van der Waals surface area contributed by atoms with Gasteiger partial charge in [0.2, 0.25) is 0 Å². The maximum Gasteiger partial charge on any atom is 0.313 e. The minimum absolute atomic E-state index is 0.259. The Morgan fingerprint density at radius 3 is 2.41 bits per heavy atom. The van der Waals surface area contributed by atoms with Crippen LogP contribution in [0.5, 0.6) is 5.75 Å². The molecule has 0 fully saturated rings. The topological polar surface area (TPSA) is 72.8 Å². The number of ether oxygens (including phenoxy) is 2. The Labute approximate surface area is 99.0 Å². The first-order chi connectivity index (χ1) is 8.17. The van der Waals surface area contributed by atoms with Gasteiger partial charge in [0, 0.05) is 5.56 Å². The normalized spacial score (nSPS) is 9.76. The fourth-order valence-electron chi connectivity index (χ4n) is 1.26. The first-order valence-corrected chi connectivity index (χ1v) is 5.20. The number of carbonyl (C=O) groups excluding carboxylic acids is 2. The second-order valence-electron chi connectivity index (χ2n) is 3.20. The van der Waals surface area contributed by atoms with Crippen molar-refractivity contribution in [1.29, 1.82) is 0 Å². The standard InChI is InChI=1S/C12H14O5/c1-2-16-12(15)7-11(14)9-3-5-10(6-4-9)17-8-13/h3-6,13H,2,7-8H2,1H3. The van der Waals surface area contributed by atoms with Gasteiger partial charge in [-0.2, -0.15) is 0 Å². The summed E-state index contributed by atoms with van der Waals surface area (Å²) in [4.78, 5) is 22.7. The zero-order valence-electron chi connectivity index (χ0n) is 9.51. The van der Waals surface area contributed by atoms with Crippen LogP contribution in [0.4, 0.5) is 0 Å². The van der Waals surface area contributed by atoms with E-state index in [0.717, 1.165) is 0 Å². The molecule has 0 spiro atoms. The van der Waals surface area contributed by atoms with E-state index in [1.807, 2.05) is 0 Å². The maximum absolute atomic E-state index is 11.6. The van der Waals surface area contributed by atoms with Gasteiger partial charge in [-0.05, 0) is 31.2 Å². The predicted molar refractivity (Wildman–Crippen MR) is 59.7 cm³/mol. The van der Waals surface area contributed by atoms with E-state index in [2.05, 4.69) is 4.74 Å². The zero-order chi connectivity index (χ0) is 12.7. The third-order valence-corrected chi connectivity index (χ3v) is 2.02. The number of esters is 1. The van der Waals surface area contributed by atoms with Crippen LogP contribution < -0.4 is 4.74 Å². The van der Waals surface area contributed by atoms with Crippen LogP contribution in [-0.4, -0.2) is 30.3 Å². The van der Waals surface area contributed by atoms with Crippen LogP contribution in [0.25, 0.3) is 0 Å². The minimum atomic E-state index is -0.534. The van der Waals surface area contributed by atoms with Gasteiger partial charge < -0.3 is 14.6 Å². The molecule has 0 aliphatic carbocycles. The van der Waals surface area contributed by atoms with Gasteiger partial charge in [0.15, 0.2) is 12.6 Å². The number of hydrogen-bond donors (Lipinski definition) is 1. The lowest BCUT2D eigenvalue weighted by Crippen LogP contribution is -2.11. The molecule has 0 radical (unpaired) electrons. The first-order valence-electron chi connectivity index (χ1n) is 5.20. The van der Waals surface area contributed by atoms with Crippen molar-refractivity contribution in [2.45, 2.75) is 13.3 Å². The number of aliphatic hydroxyl groups is 1. The molecule has 1 N–H and O–H groups in total. The van der Waals surface area contributed by atoms with Crippen LogP contribution >= 0.6 is 0 Å².